The van der Waals surface area contributed by atoms with Crippen LogP contribution in [0.5, 0.6) is 5.75 Å². The molecule has 0 fully saturated rings. The summed E-state index contributed by atoms with van der Waals surface area (Å²) in [6, 6.07) is 3.96. The van der Waals surface area contributed by atoms with E-state index in [0.29, 0.717) is 13.2 Å². The van der Waals surface area contributed by atoms with Crippen molar-refractivity contribution in [3.8, 4) is 5.75 Å². The van der Waals surface area contributed by atoms with E-state index < -0.39 is 0 Å². The second-order valence-corrected chi connectivity index (χ2v) is 4.48. The summed E-state index contributed by atoms with van der Waals surface area (Å²) in [5.41, 5.74) is 1.04. The van der Waals surface area contributed by atoms with E-state index in [1.165, 1.54) is 0 Å². The van der Waals surface area contributed by atoms with Crippen LogP contribution in [-0.2, 0) is 11.3 Å². The second kappa shape index (κ2) is 10.8. The lowest BCUT2D eigenvalue weighted by Gasteiger charge is -2.07. The third-order valence-electron chi connectivity index (χ3n) is 2.67. The number of nitrogens with one attached hydrogen (secondary N) is 1. The highest BCUT2D eigenvalue weighted by molar-refractivity contribution is 5.19. The molecule has 0 saturated carbocycles. The molecule has 0 spiro atoms. The first-order chi connectivity index (χ1) is 9.36. The fourth-order valence-corrected chi connectivity index (χ4v) is 1.56. The molecule has 108 valence electrons. The predicted molar refractivity (Wildman–Crippen MR) is 77.5 cm³/mol. The topological polar surface area (TPSA) is 43.4 Å². The maximum atomic E-state index is 5.56. The number of hydrogen-bond acceptors (Lipinski definition) is 4. The average molecular weight is 266 g/mol. The number of hydrogen-bond donors (Lipinski definition) is 1. The summed E-state index contributed by atoms with van der Waals surface area (Å²) in [7, 11) is 0. The number of rotatable bonds is 11. The molecule has 0 saturated heterocycles. The maximum Gasteiger partial charge on any atom is 0.137 e. The predicted octanol–water partition coefficient (Wildman–Crippen LogP) is 2.78. The second-order valence-electron chi connectivity index (χ2n) is 4.48. The highest BCUT2D eigenvalue weighted by Gasteiger charge is 1.97. The first kappa shape index (κ1) is 15.9. The SMILES string of the molecule is CCCCOCCOc1ccc(CNCCC)nc1. The van der Waals surface area contributed by atoms with Gasteiger partial charge in [-0.3, -0.25) is 4.98 Å². The lowest BCUT2D eigenvalue weighted by molar-refractivity contribution is 0.0979. The molecule has 0 aliphatic rings. The Morgan fingerprint density at radius 2 is 2.00 bits per heavy atom. The van der Waals surface area contributed by atoms with Gasteiger partial charge in [-0.15, -0.1) is 0 Å². The molecule has 0 unspecified atom stereocenters. The summed E-state index contributed by atoms with van der Waals surface area (Å²) < 4.78 is 11.0. The molecule has 1 aromatic heterocycles. The first-order valence-corrected chi connectivity index (χ1v) is 7.23. The zero-order valence-corrected chi connectivity index (χ0v) is 12.2. The van der Waals surface area contributed by atoms with Gasteiger partial charge in [0.05, 0.1) is 18.5 Å². The largest absolute Gasteiger partial charge is 0.490 e. The zero-order valence-electron chi connectivity index (χ0n) is 12.2. The van der Waals surface area contributed by atoms with E-state index in [4.69, 9.17) is 9.47 Å². The Morgan fingerprint density at radius 1 is 1.11 bits per heavy atom. The van der Waals surface area contributed by atoms with Gasteiger partial charge in [-0.1, -0.05) is 20.3 Å². The van der Waals surface area contributed by atoms with E-state index in [-0.39, 0.29) is 0 Å². The number of pyridine rings is 1. The molecule has 1 rings (SSSR count). The van der Waals surface area contributed by atoms with E-state index in [1.54, 1.807) is 6.20 Å². The van der Waals surface area contributed by atoms with Crippen LogP contribution >= 0.6 is 0 Å². The van der Waals surface area contributed by atoms with Crippen molar-refractivity contribution in [1.29, 1.82) is 0 Å². The number of unbranched alkanes of at least 4 members (excludes halogenated alkanes) is 1. The Labute approximate surface area is 116 Å². The monoisotopic (exact) mass is 266 g/mol. The molecule has 1 heterocycles. The summed E-state index contributed by atoms with van der Waals surface area (Å²) in [5, 5.41) is 3.32. The van der Waals surface area contributed by atoms with Crippen LogP contribution in [0.2, 0.25) is 0 Å². The molecule has 0 amide bonds. The molecule has 0 atom stereocenters. The maximum absolute atomic E-state index is 5.56. The molecule has 0 aliphatic carbocycles. The molecule has 19 heavy (non-hydrogen) atoms. The van der Waals surface area contributed by atoms with E-state index >= 15 is 0 Å². The summed E-state index contributed by atoms with van der Waals surface area (Å²) in [5.74, 6) is 0.804. The summed E-state index contributed by atoms with van der Waals surface area (Å²) in [6.07, 6.45) is 5.19. The molecular formula is C15H26N2O2. The lowest BCUT2D eigenvalue weighted by Crippen LogP contribution is -2.14. The van der Waals surface area contributed by atoms with Crippen LogP contribution in [0.25, 0.3) is 0 Å². The van der Waals surface area contributed by atoms with Gasteiger partial charge in [-0.25, -0.2) is 0 Å². The Hall–Kier alpha value is -1.13. The first-order valence-electron chi connectivity index (χ1n) is 7.23. The lowest BCUT2D eigenvalue weighted by atomic mass is 10.3. The minimum Gasteiger partial charge on any atom is -0.490 e. The summed E-state index contributed by atoms with van der Waals surface area (Å²) in [6.45, 7) is 8.18. The molecule has 0 bridgehead atoms. The van der Waals surface area contributed by atoms with Crippen molar-refractivity contribution in [3.05, 3.63) is 24.0 Å². The van der Waals surface area contributed by atoms with Gasteiger partial charge in [0.25, 0.3) is 0 Å². The van der Waals surface area contributed by atoms with Gasteiger partial charge >= 0.3 is 0 Å². The van der Waals surface area contributed by atoms with Crippen LogP contribution in [0.15, 0.2) is 18.3 Å². The van der Waals surface area contributed by atoms with Gasteiger partial charge in [0.2, 0.25) is 0 Å². The van der Waals surface area contributed by atoms with Crippen molar-refractivity contribution in [1.82, 2.24) is 10.3 Å². The Kier molecular flexibility index (Phi) is 9.02. The number of nitrogens with zero attached hydrogens (tertiary/aromatic N) is 1. The Morgan fingerprint density at radius 3 is 2.68 bits per heavy atom. The van der Waals surface area contributed by atoms with Gasteiger partial charge in [0.15, 0.2) is 0 Å². The van der Waals surface area contributed by atoms with Crippen molar-refractivity contribution in [2.75, 3.05) is 26.4 Å². The third-order valence-corrected chi connectivity index (χ3v) is 2.67. The van der Waals surface area contributed by atoms with E-state index in [2.05, 4.69) is 24.1 Å². The summed E-state index contributed by atoms with van der Waals surface area (Å²) in [4.78, 5) is 4.35. The van der Waals surface area contributed by atoms with Crippen LogP contribution in [0.4, 0.5) is 0 Å². The quantitative estimate of drug-likeness (QED) is 0.625. The van der Waals surface area contributed by atoms with Crippen LogP contribution in [0, 0.1) is 0 Å². The van der Waals surface area contributed by atoms with Crippen molar-refractivity contribution in [3.63, 3.8) is 0 Å². The molecule has 1 N–H and O–H groups in total. The van der Waals surface area contributed by atoms with E-state index in [0.717, 1.165) is 50.4 Å². The third kappa shape index (κ3) is 7.80. The molecule has 4 heteroatoms. The zero-order chi connectivity index (χ0) is 13.8. The molecule has 0 aromatic carbocycles. The Bertz CT molecular complexity index is 314. The average Bonchev–Trinajstić information content (AvgIpc) is 2.44. The minimum atomic E-state index is 0.582. The van der Waals surface area contributed by atoms with Crippen molar-refractivity contribution < 1.29 is 9.47 Å². The van der Waals surface area contributed by atoms with Gasteiger partial charge < -0.3 is 14.8 Å². The van der Waals surface area contributed by atoms with Crippen LogP contribution in [0.1, 0.15) is 38.8 Å². The minimum absolute atomic E-state index is 0.582. The van der Waals surface area contributed by atoms with Gasteiger partial charge in [0.1, 0.15) is 12.4 Å². The molecule has 0 radical (unpaired) electrons. The molecule has 4 nitrogen and oxygen atoms in total. The fraction of sp³-hybridized carbons (Fsp3) is 0.667. The summed E-state index contributed by atoms with van der Waals surface area (Å²) >= 11 is 0. The van der Waals surface area contributed by atoms with Crippen molar-refractivity contribution >= 4 is 0 Å². The van der Waals surface area contributed by atoms with Gasteiger partial charge in [-0.05, 0) is 31.5 Å². The van der Waals surface area contributed by atoms with Crippen LogP contribution in [-0.4, -0.2) is 31.3 Å². The van der Waals surface area contributed by atoms with Gasteiger partial charge in [-0.2, -0.15) is 0 Å². The Balaban J connectivity index is 2.13. The van der Waals surface area contributed by atoms with Crippen LogP contribution in [0.3, 0.4) is 0 Å². The fourth-order valence-electron chi connectivity index (χ4n) is 1.56. The van der Waals surface area contributed by atoms with Gasteiger partial charge in [0, 0.05) is 13.2 Å². The van der Waals surface area contributed by atoms with E-state index in [1.807, 2.05) is 12.1 Å². The molecule has 1 aromatic rings. The highest BCUT2D eigenvalue weighted by Crippen LogP contribution is 2.08. The normalized spacial score (nSPS) is 10.6. The smallest absolute Gasteiger partial charge is 0.137 e. The molecular weight excluding hydrogens is 240 g/mol. The number of aromatic nitrogens is 1. The number of ether oxygens (including phenoxy) is 2. The van der Waals surface area contributed by atoms with E-state index in [9.17, 15) is 0 Å². The van der Waals surface area contributed by atoms with Crippen LogP contribution < -0.4 is 10.1 Å². The van der Waals surface area contributed by atoms with Crippen molar-refractivity contribution in [2.45, 2.75) is 39.7 Å². The highest BCUT2D eigenvalue weighted by atomic mass is 16.5. The standard InChI is InChI=1S/C15H26N2O2/c1-3-5-9-18-10-11-19-15-7-6-14(17-13-15)12-16-8-4-2/h6-7,13,16H,3-5,8-12H2,1-2H3. The molecule has 0 aliphatic heterocycles. The van der Waals surface area contributed by atoms with Crippen molar-refractivity contribution in [2.24, 2.45) is 0 Å².